The van der Waals surface area contributed by atoms with E-state index in [2.05, 4.69) is 0 Å². The summed E-state index contributed by atoms with van der Waals surface area (Å²) in [7, 11) is 2.96. The monoisotopic (exact) mass is 284 g/mol. The number of carbonyl (C=O) groups is 1. The quantitative estimate of drug-likeness (QED) is 0.630. The number of rotatable bonds is 3. The third-order valence-corrected chi connectivity index (χ3v) is 3.22. The van der Waals surface area contributed by atoms with E-state index in [1.54, 1.807) is 19.2 Å². The second-order valence-corrected chi connectivity index (χ2v) is 4.91. The van der Waals surface area contributed by atoms with Crippen LogP contribution in [0.3, 0.4) is 0 Å². The first-order valence-electron chi connectivity index (χ1n) is 6.46. The maximum atomic E-state index is 12.0. The van der Waals surface area contributed by atoms with Crippen LogP contribution < -0.4 is 11.2 Å². The Labute approximate surface area is 121 Å². The molecule has 5 nitrogen and oxygen atoms in total. The third-order valence-electron chi connectivity index (χ3n) is 3.22. The van der Waals surface area contributed by atoms with Gasteiger partial charge in [0.2, 0.25) is 0 Å². The Morgan fingerprint density at radius 1 is 1.10 bits per heavy atom. The standard InChI is InChI=1S/C16H16N2O3/c1-11-4-6-12(7-5-11)14(19)9-8-13-10-17(2)16(21)18(3)15(13)20/h4-10H,1-3H3. The van der Waals surface area contributed by atoms with Gasteiger partial charge in [0.15, 0.2) is 5.78 Å². The smallest absolute Gasteiger partial charge is 0.303 e. The van der Waals surface area contributed by atoms with E-state index in [0.29, 0.717) is 11.1 Å². The molecule has 0 fully saturated rings. The van der Waals surface area contributed by atoms with Crippen molar-refractivity contribution in [3.63, 3.8) is 0 Å². The maximum absolute atomic E-state index is 12.0. The van der Waals surface area contributed by atoms with Gasteiger partial charge in [0.1, 0.15) is 0 Å². The number of nitrogens with zero attached hydrogens (tertiary/aromatic N) is 2. The fourth-order valence-electron chi connectivity index (χ4n) is 1.93. The van der Waals surface area contributed by atoms with Crippen LogP contribution in [0.2, 0.25) is 0 Å². The Kier molecular flexibility index (Phi) is 4.03. The molecule has 0 saturated carbocycles. The van der Waals surface area contributed by atoms with Crippen LogP contribution >= 0.6 is 0 Å². The van der Waals surface area contributed by atoms with Gasteiger partial charge in [0.25, 0.3) is 5.56 Å². The van der Waals surface area contributed by atoms with E-state index in [-0.39, 0.29) is 5.78 Å². The number of carbonyl (C=O) groups excluding carboxylic acids is 1. The normalized spacial score (nSPS) is 11.0. The van der Waals surface area contributed by atoms with E-state index in [1.165, 1.54) is 30.0 Å². The molecule has 2 aromatic rings. The van der Waals surface area contributed by atoms with Crippen LogP contribution in [0.1, 0.15) is 21.5 Å². The summed E-state index contributed by atoms with van der Waals surface area (Å²) in [5, 5.41) is 0. The summed E-state index contributed by atoms with van der Waals surface area (Å²) in [4.78, 5) is 35.5. The lowest BCUT2D eigenvalue weighted by Crippen LogP contribution is -2.37. The van der Waals surface area contributed by atoms with Crippen molar-refractivity contribution in [1.29, 1.82) is 0 Å². The highest BCUT2D eigenvalue weighted by atomic mass is 16.2. The average molecular weight is 284 g/mol. The summed E-state index contributed by atoms with van der Waals surface area (Å²) in [6, 6.07) is 7.18. The van der Waals surface area contributed by atoms with E-state index in [9.17, 15) is 14.4 Å². The zero-order valence-corrected chi connectivity index (χ0v) is 12.2. The summed E-state index contributed by atoms with van der Waals surface area (Å²) in [6.07, 6.45) is 4.19. The average Bonchev–Trinajstić information content (AvgIpc) is 2.48. The molecule has 0 saturated heterocycles. The number of aromatic nitrogens is 2. The molecule has 1 heterocycles. The molecule has 1 aromatic carbocycles. The predicted octanol–water partition coefficient (Wildman–Crippen LogP) is 1.29. The van der Waals surface area contributed by atoms with Crippen molar-refractivity contribution in [3.05, 3.63) is 74.1 Å². The van der Waals surface area contributed by atoms with Crippen LogP contribution in [-0.4, -0.2) is 14.9 Å². The summed E-state index contributed by atoms with van der Waals surface area (Å²) in [5.74, 6) is -0.189. The topological polar surface area (TPSA) is 61.1 Å². The van der Waals surface area contributed by atoms with Gasteiger partial charge in [-0.15, -0.1) is 0 Å². The first-order valence-corrected chi connectivity index (χ1v) is 6.46. The van der Waals surface area contributed by atoms with Crippen molar-refractivity contribution in [2.75, 3.05) is 0 Å². The van der Waals surface area contributed by atoms with Crippen molar-refractivity contribution >= 4 is 11.9 Å². The van der Waals surface area contributed by atoms with Gasteiger partial charge in [0.05, 0.1) is 5.56 Å². The molecule has 0 aliphatic rings. The highest BCUT2D eigenvalue weighted by molar-refractivity contribution is 6.06. The number of aryl methyl sites for hydroxylation is 2. The van der Waals surface area contributed by atoms with Crippen LogP contribution in [0, 0.1) is 6.92 Å². The molecule has 0 spiro atoms. The first kappa shape index (κ1) is 14.7. The zero-order valence-electron chi connectivity index (χ0n) is 12.2. The molecule has 0 radical (unpaired) electrons. The van der Waals surface area contributed by atoms with Crippen molar-refractivity contribution in [1.82, 2.24) is 9.13 Å². The van der Waals surface area contributed by atoms with Gasteiger partial charge in [-0.25, -0.2) is 4.79 Å². The predicted molar refractivity (Wildman–Crippen MR) is 81.5 cm³/mol. The lowest BCUT2D eigenvalue weighted by atomic mass is 10.1. The third kappa shape index (κ3) is 3.08. The molecule has 5 heteroatoms. The summed E-state index contributed by atoms with van der Waals surface area (Å²) in [5.41, 5.74) is 1.09. The number of allylic oxidation sites excluding steroid dienone is 1. The molecule has 21 heavy (non-hydrogen) atoms. The molecule has 2 rings (SSSR count). The summed E-state index contributed by atoms with van der Waals surface area (Å²) < 4.78 is 2.31. The van der Waals surface area contributed by atoms with Crippen LogP contribution in [0.5, 0.6) is 0 Å². The fraction of sp³-hybridized carbons (Fsp3) is 0.188. The largest absolute Gasteiger partial charge is 0.330 e. The second-order valence-electron chi connectivity index (χ2n) is 4.91. The Hall–Kier alpha value is -2.69. The van der Waals surface area contributed by atoms with E-state index in [0.717, 1.165) is 10.1 Å². The molecule has 108 valence electrons. The van der Waals surface area contributed by atoms with Gasteiger partial charge < -0.3 is 4.57 Å². The van der Waals surface area contributed by atoms with Crippen LogP contribution in [-0.2, 0) is 14.1 Å². The van der Waals surface area contributed by atoms with Crippen LogP contribution in [0.4, 0.5) is 0 Å². The SMILES string of the molecule is Cc1ccc(C(=O)C=Cc2cn(C)c(=O)n(C)c2=O)cc1. The molecule has 0 unspecified atom stereocenters. The number of hydrogen-bond acceptors (Lipinski definition) is 3. The van der Waals surface area contributed by atoms with Crippen molar-refractivity contribution in [2.24, 2.45) is 14.1 Å². The number of benzene rings is 1. The van der Waals surface area contributed by atoms with E-state index < -0.39 is 11.2 Å². The van der Waals surface area contributed by atoms with Gasteiger partial charge in [-0.1, -0.05) is 29.8 Å². The van der Waals surface area contributed by atoms with Gasteiger partial charge in [-0.3, -0.25) is 14.2 Å². The highest BCUT2D eigenvalue weighted by Gasteiger charge is 2.05. The van der Waals surface area contributed by atoms with E-state index >= 15 is 0 Å². The Morgan fingerprint density at radius 2 is 1.71 bits per heavy atom. The molecular weight excluding hydrogens is 268 g/mol. The van der Waals surface area contributed by atoms with E-state index in [1.807, 2.05) is 19.1 Å². The van der Waals surface area contributed by atoms with Crippen LogP contribution in [0.15, 0.2) is 46.1 Å². The van der Waals surface area contributed by atoms with Gasteiger partial charge in [-0.2, -0.15) is 0 Å². The van der Waals surface area contributed by atoms with Gasteiger partial charge in [0, 0.05) is 25.9 Å². The molecular formula is C16H16N2O3. The zero-order chi connectivity index (χ0) is 15.6. The molecule has 1 aromatic heterocycles. The number of hydrogen-bond donors (Lipinski definition) is 0. The minimum atomic E-state index is -0.425. The number of ketones is 1. The van der Waals surface area contributed by atoms with Crippen LogP contribution in [0.25, 0.3) is 6.08 Å². The van der Waals surface area contributed by atoms with Crippen molar-refractivity contribution < 1.29 is 4.79 Å². The second kappa shape index (κ2) is 5.75. The first-order chi connectivity index (χ1) is 9.90. The molecule has 0 N–H and O–H groups in total. The molecule has 0 aliphatic heterocycles. The van der Waals surface area contributed by atoms with E-state index in [4.69, 9.17) is 0 Å². The van der Waals surface area contributed by atoms with Gasteiger partial charge >= 0.3 is 5.69 Å². The molecule has 0 atom stereocenters. The summed E-state index contributed by atoms with van der Waals surface area (Å²) in [6.45, 7) is 1.94. The Morgan fingerprint density at radius 3 is 2.33 bits per heavy atom. The minimum absolute atomic E-state index is 0.189. The molecule has 0 bridgehead atoms. The van der Waals surface area contributed by atoms with Crippen molar-refractivity contribution in [3.8, 4) is 0 Å². The summed E-state index contributed by atoms with van der Waals surface area (Å²) >= 11 is 0. The maximum Gasteiger partial charge on any atom is 0.330 e. The minimum Gasteiger partial charge on any atom is -0.303 e. The fourth-order valence-corrected chi connectivity index (χ4v) is 1.93. The Balaban J connectivity index is 2.34. The highest BCUT2D eigenvalue weighted by Crippen LogP contribution is 2.05. The van der Waals surface area contributed by atoms with Crippen molar-refractivity contribution in [2.45, 2.75) is 6.92 Å². The van der Waals surface area contributed by atoms with Gasteiger partial charge in [-0.05, 0) is 19.1 Å². The molecule has 0 amide bonds. The lowest BCUT2D eigenvalue weighted by Gasteiger charge is -2.03. The molecule has 0 aliphatic carbocycles. The Bertz CT molecular complexity index is 824. The lowest BCUT2D eigenvalue weighted by molar-refractivity contribution is 0.104.